The second-order valence-corrected chi connectivity index (χ2v) is 6.65. The molecule has 0 spiro atoms. The van der Waals surface area contributed by atoms with Gasteiger partial charge >= 0.3 is 0 Å². The first-order valence-electron chi connectivity index (χ1n) is 8.83. The molecule has 2 aromatic rings. The third kappa shape index (κ3) is 4.19. The van der Waals surface area contributed by atoms with E-state index in [9.17, 15) is 9.90 Å². The highest BCUT2D eigenvalue weighted by Crippen LogP contribution is 2.37. The molecule has 1 unspecified atom stereocenters. The molecule has 27 heavy (non-hydrogen) atoms. The number of carbonyl (C=O) groups is 1. The van der Waals surface area contributed by atoms with Gasteiger partial charge in [0.15, 0.2) is 11.5 Å². The van der Waals surface area contributed by atoms with Crippen LogP contribution in [0.5, 0.6) is 17.2 Å². The minimum atomic E-state index is -0.208. The molecule has 1 atom stereocenters. The maximum atomic E-state index is 12.3. The Morgan fingerprint density at radius 2 is 2.22 bits per heavy atom. The number of hydrogen-bond acceptors (Lipinski definition) is 4. The van der Waals surface area contributed by atoms with Gasteiger partial charge in [-0.1, -0.05) is 23.7 Å². The molecule has 0 saturated carbocycles. The van der Waals surface area contributed by atoms with E-state index in [1.54, 1.807) is 37.5 Å². The third-order valence-electron chi connectivity index (χ3n) is 4.53. The summed E-state index contributed by atoms with van der Waals surface area (Å²) < 4.78 is 10.8. The van der Waals surface area contributed by atoms with Crippen molar-refractivity contribution >= 4 is 23.6 Å². The van der Waals surface area contributed by atoms with E-state index in [1.165, 1.54) is 6.08 Å². The SMILES string of the molecule is CCOc1c(Cl)cc(/C=C/C(=O)NC2CCc3c(O)cccc32)cc1OC. The lowest BCUT2D eigenvalue weighted by molar-refractivity contribution is -0.117. The van der Waals surface area contributed by atoms with Crippen LogP contribution < -0.4 is 14.8 Å². The van der Waals surface area contributed by atoms with Crippen LogP contribution >= 0.6 is 11.6 Å². The Balaban J connectivity index is 1.71. The van der Waals surface area contributed by atoms with Gasteiger partial charge in [-0.05, 0) is 60.7 Å². The smallest absolute Gasteiger partial charge is 0.244 e. The summed E-state index contributed by atoms with van der Waals surface area (Å²) >= 11 is 6.25. The first-order valence-corrected chi connectivity index (χ1v) is 9.21. The molecule has 0 bridgehead atoms. The number of halogens is 1. The molecule has 2 N–H and O–H groups in total. The lowest BCUT2D eigenvalue weighted by Crippen LogP contribution is -2.25. The number of aromatic hydroxyl groups is 1. The lowest BCUT2D eigenvalue weighted by Gasteiger charge is -2.13. The molecule has 0 aliphatic heterocycles. The van der Waals surface area contributed by atoms with E-state index in [2.05, 4.69) is 5.32 Å². The van der Waals surface area contributed by atoms with Gasteiger partial charge in [0.25, 0.3) is 0 Å². The van der Waals surface area contributed by atoms with Crippen molar-refractivity contribution in [3.8, 4) is 17.2 Å². The zero-order valence-corrected chi connectivity index (χ0v) is 16.0. The summed E-state index contributed by atoms with van der Waals surface area (Å²) in [5.41, 5.74) is 2.62. The highest BCUT2D eigenvalue weighted by atomic mass is 35.5. The molecule has 3 rings (SSSR count). The molecular weight excluding hydrogens is 366 g/mol. The predicted molar refractivity (Wildman–Crippen MR) is 106 cm³/mol. The van der Waals surface area contributed by atoms with Crippen molar-refractivity contribution in [2.45, 2.75) is 25.8 Å². The van der Waals surface area contributed by atoms with Crippen molar-refractivity contribution in [2.24, 2.45) is 0 Å². The molecule has 1 amide bonds. The van der Waals surface area contributed by atoms with Crippen LogP contribution in [0.15, 0.2) is 36.4 Å². The number of phenols is 1. The van der Waals surface area contributed by atoms with Crippen molar-refractivity contribution in [1.82, 2.24) is 5.32 Å². The first kappa shape index (κ1) is 19.1. The van der Waals surface area contributed by atoms with Gasteiger partial charge in [0, 0.05) is 6.08 Å². The Kier molecular flexibility index (Phi) is 5.91. The number of carbonyl (C=O) groups excluding carboxylic acids is 1. The maximum absolute atomic E-state index is 12.3. The third-order valence-corrected chi connectivity index (χ3v) is 4.81. The Bertz CT molecular complexity index is 879. The standard InChI is InChI=1S/C21H22ClNO4/c1-3-27-21-16(22)11-13(12-19(21)26-2)7-10-20(25)23-17-9-8-15-14(17)5-4-6-18(15)24/h4-7,10-12,17,24H,3,8-9H2,1-2H3,(H,23,25)/b10-7+. The van der Waals surface area contributed by atoms with Gasteiger partial charge < -0.3 is 19.9 Å². The van der Waals surface area contributed by atoms with E-state index in [0.29, 0.717) is 23.1 Å². The Morgan fingerprint density at radius 3 is 2.96 bits per heavy atom. The van der Waals surface area contributed by atoms with Crippen LogP contribution in [0.1, 0.15) is 36.1 Å². The van der Waals surface area contributed by atoms with Crippen LogP contribution in [-0.2, 0) is 11.2 Å². The Morgan fingerprint density at radius 1 is 1.41 bits per heavy atom. The van der Waals surface area contributed by atoms with Crippen molar-refractivity contribution in [3.05, 3.63) is 58.1 Å². The molecule has 142 valence electrons. The molecule has 1 aliphatic carbocycles. The molecule has 1 aliphatic rings. The fourth-order valence-corrected chi connectivity index (χ4v) is 3.57. The minimum absolute atomic E-state index is 0.0947. The van der Waals surface area contributed by atoms with Gasteiger partial charge in [0.05, 0.1) is 24.8 Å². The van der Waals surface area contributed by atoms with Crippen LogP contribution in [0.25, 0.3) is 6.08 Å². The molecule has 6 heteroatoms. The summed E-state index contributed by atoms with van der Waals surface area (Å²) in [6.45, 7) is 2.35. The second-order valence-electron chi connectivity index (χ2n) is 6.25. The van der Waals surface area contributed by atoms with E-state index < -0.39 is 0 Å². The van der Waals surface area contributed by atoms with Crippen LogP contribution in [0.3, 0.4) is 0 Å². The van der Waals surface area contributed by atoms with E-state index in [4.69, 9.17) is 21.1 Å². The highest BCUT2D eigenvalue weighted by Gasteiger charge is 2.25. The van der Waals surface area contributed by atoms with Gasteiger partial charge in [-0.15, -0.1) is 0 Å². The maximum Gasteiger partial charge on any atom is 0.244 e. The van der Waals surface area contributed by atoms with E-state index in [1.807, 2.05) is 13.0 Å². The zero-order chi connectivity index (χ0) is 19.4. The summed E-state index contributed by atoms with van der Waals surface area (Å²) in [5.74, 6) is 1.09. The molecule has 0 radical (unpaired) electrons. The molecule has 5 nitrogen and oxygen atoms in total. The van der Waals surface area contributed by atoms with E-state index in [0.717, 1.165) is 29.5 Å². The largest absolute Gasteiger partial charge is 0.508 e. The zero-order valence-electron chi connectivity index (χ0n) is 15.3. The average molecular weight is 388 g/mol. The number of benzene rings is 2. The van der Waals surface area contributed by atoms with Crippen LogP contribution in [-0.4, -0.2) is 24.7 Å². The van der Waals surface area contributed by atoms with Crippen molar-refractivity contribution < 1.29 is 19.4 Å². The summed E-state index contributed by atoms with van der Waals surface area (Å²) in [7, 11) is 1.54. The van der Waals surface area contributed by atoms with Gasteiger partial charge in [-0.3, -0.25) is 4.79 Å². The van der Waals surface area contributed by atoms with Crippen molar-refractivity contribution in [2.75, 3.05) is 13.7 Å². The van der Waals surface area contributed by atoms with Gasteiger partial charge in [-0.2, -0.15) is 0 Å². The van der Waals surface area contributed by atoms with E-state index >= 15 is 0 Å². The number of ether oxygens (including phenoxy) is 2. The van der Waals surface area contributed by atoms with Crippen LogP contribution in [0.2, 0.25) is 5.02 Å². The first-order chi connectivity index (χ1) is 13.0. The fraction of sp³-hybridized carbons (Fsp3) is 0.286. The van der Waals surface area contributed by atoms with Gasteiger partial charge in [0.1, 0.15) is 5.75 Å². The molecular formula is C21H22ClNO4. The summed E-state index contributed by atoms with van der Waals surface area (Å²) in [5, 5.41) is 13.3. The fourth-order valence-electron chi connectivity index (χ4n) is 3.30. The molecule has 0 saturated heterocycles. The van der Waals surface area contributed by atoms with Crippen LogP contribution in [0, 0.1) is 0 Å². The number of fused-ring (bicyclic) bond motifs is 1. The monoisotopic (exact) mass is 387 g/mol. The summed E-state index contributed by atoms with van der Waals surface area (Å²) in [6, 6.07) is 8.80. The number of phenolic OH excluding ortho intramolecular Hbond substituents is 1. The van der Waals surface area contributed by atoms with Crippen molar-refractivity contribution in [1.29, 1.82) is 0 Å². The number of hydrogen-bond donors (Lipinski definition) is 2. The summed E-state index contributed by atoms with van der Waals surface area (Å²) in [6.07, 6.45) is 4.67. The average Bonchev–Trinajstić information content (AvgIpc) is 3.06. The summed E-state index contributed by atoms with van der Waals surface area (Å²) in [4.78, 5) is 12.3. The lowest BCUT2D eigenvalue weighted by atomic mass is 10.1. The van der Waals surface area contributed by atoms with E-state index in [-0.39, 0.29) is 17.7 Å². The molecule has 0 fully saturated rings. The number of methoxy groups -OCH3 is 1. The van der Waals surface area contributed by atoms with Crippen LogP contribution in [0.4, 0.5) is 0 Å². The minimum Gasteiger partial charge on any atom is -0.508 e. The van der Waals surface area contributed by atoms with Crippen molar-refractivity contribution in [3.63, 3.8) is 0 Å². The number of nitrogens with one attached hydrogen (secondary N) is 1. The number of amides is 1. The highest BCUT2D eigenvalue weighted by molar-refractivity contribution is 6.32. The molecule has 2 aromatic carbocycles. The second kappa shape index (κ2) is 8.35. The predicted octanol–water partition coefficient (Wildman–Crippen LogP) is 4.27. The Hall–Kier alpha value is -2.66. The molecule has 0 aromatic heterocycles. The topological polar surface area (TPSA) is 67.8 Å². The Labute approximate surface area is 163 Å². The molecule has 0 heterocycles. The normalized spacial score (nSPS) is 15.6. The van der Waals surface area contributed by atoms with Gasteiger partial charge in [-0.25, -0.2) is 0 Å². The number of rotatable bonds is 6. The van der Waals surface area contributed by atoms with Gasteiger partial charge in [0.2, 0.25) is 5.91 Å². The quantitative estimate of drug-likeness (QED) is 0.726.